The van der Waals surface area contributed by atoms with Crippen molar-refractivity contribution in [2.75, 3.05) is 5.32 Å². The molecule has 2 aromatic heterocycles. The maximum absolute atomic E-state index is 11.4. The highest BCUT2D eigenvalue weighted by atomic mass is 16.4. The third kappa shape index (κ3) is 3.68. The van der Waals surface area contributed by atoms with Crippen LogP contribution < -0.4 is 5.32 Å². The number of aromatic carboxylic acids is 1. The molecule has 8 nitrogen and oxygen atoms in total. The number of nitrogens with one attached hydrogen (secondary N) is 1. The number of nitrogens with zero attached hydrogens (tertiary/aromatic N) is 5. The Kier molecular flexibility index (Phi) is 4.68. The standard InChI is InChI=1S/C18H26N6O2/c1-10(2)16-23-22-14-7-6-11(9-24(14)16)19-13-8-12(18(3,4)5)20-15(21-13)17(25)26/h8,10-11H,6-7,9H2,1-5H3,(H,25,26)(H,19,20,21). The Bertz CT molecular complexity index is 822. The average molecular weight is 358 g/mol. The van der Waals surface area contributed by atoms with Crippen LogP contribution in [-0.2, 0) is 18.4 Å². The zero-order valence-electron chi connectivity index (χ0n) is 15.9. The van der Waals surface area contributed by atoms with Crippen molar-refractivity contribution < 1.29 is 9.90 Å². The van der Waals surface area contributed by atoms with Crippen LogP contribution in [0.25, 0.3) is 0 Å². The molecule has 2 aromatic rings. The summed E-state index contributed by atoms with van der Waals surface area (Å²) in [5.74, 6) is 1.55. The SMILES string of the molecule is CC(C)c1nnc2n1CC(Nc1cc(C(C)(C)C)nc(C(=O)O)n1)CC2. The number of aryl methyl sites for hydroxylation is 1. The van der Waals surface area contributed by atoms with Crippen molar-refractivity contribution in [2.24, 2.45) is 0 Å². The molecule has 3 heterocycles. The van der Waals surface area contributed by atoms with Crippen LogP contribution >= 0.6 is 0 Å². The van der Waals surface area contributed by atoms with E-state index in [1.54, 1.807) is 0 Å². The number of carboxylic acids is 1. The fraction of sp³-hybridized carbons (Fsp3) is 0.611. The Morgan fingerprint density at radius 3 is 2.65 bits per heavy atom. The van der Waals surface area contributed by atoms with E-state index in [1.165, 1.54) is 0 Å². The molecule has 0 aliphatic carbocycles. The molecule has 0 radical (unpaired) electrons. The molecule has 0 saturated heterocycles. The second kappa shape index (κ2) is 6.66. The van der Waals surface area contributed by atoms with Gasteiger partial charge < -0.3 is 15.0 Å². The number of rotatable bonds is 4. The molecule has 1 atom stereocenters. The second-order valence-corrected chi connectivity index (χ2v) is 8.14. The van der Waals surface area contributed by atoms with Crippen molar-refractivity contribution in [2.45, 2.75) is 71.4 Å². The van der Waals surface area contributed by atoms with Gasteiger partial charge >= 0.3 is 5.97 Å². The minimum atomic E-state index is -1.12. The van der Waals surface area contributed by atoms with Gasteiger partial charge in [0.1, 0.15) is 17.5 Å². The maximum Gasteiger partial charge on any atom is 0.374 e. The van der Waals surface area contributed by atoms with Gasteiger partial charge in [0.25, 0.3) is 0 Å². The number of carboxylic acid groups (broad SMARTS) is 1. The molecule has 0 fully saturated rings. The van der Waals surface area contributed by atoms with E-state index in [2.05, 4.69) is 43.9 Å². The molecular weight excluding hydrogens is 332 g/mol. The lowest BCUT2D eigenvalue weighted by Gasteiger charge is -2.27. The summed E-state index contributed by atoms with van der Waals surface area (Å²) in [7, 11) is 0. The van der Waals surface area contributed by atoms with Gasteiger partial charge in [-0.3, -0.25) is 0 Å². The quantitative estimate of drug-likeness (QED) is 0.865. The summed E-state index contributed by atoms with van der Waals surface area (Å²) in [6.07, 6.45) is 1.73. The van der Waals surface area contributed by atoms with E-state index in [0.717, 1.165) is 31.0 Å². The highest BCUT2D eigenvalue weighted by molar-refractivity contribution is 5.83. The number of hydrogen-bond donors (Lipinski definition) is 2. The van der Waals surface area contributed by atoms with Crippen LogP contribution in [0, 0.1) is 0 Å². The van der Waals surface area contributed by atoms with Gasteiger partial charge in [-0.25, -0.2) is 14.8 Å². The molecule has 3 rings (SSSR count). The van der Waals surface area contributed by atoms with E-state index in [4.69, 9.17) is 0 Å². The number of hydrogen-bond acceptors (Lipinski definition) is 6. The van der Waals surface area contributed by atoms with Crippen molar-refractivity contribution >= 4 is 11.8 Å². The van der Waals surface area contributed by atoms with Gasteiger partial charge in [0, 0.05) is 36.4 Å². The summed E-state index contributed by atoms with van der Waals surface area (Å²) >= 11 is 0. The zero-order chi connectivity index (χ0) is 19.1. The van der Waals surface area contributed by atoms with Crippen LogP contribution in [-0.4, -0.2) is 41.9 Å². The number of aromatic nitrogens is 5. The molecule has 26 heavy (non-hydrogen) atoms. The fourth-order valence-corrected chi connectivity index (χ4v) is 3.10. The first kappa shape index (κ1) is 18.3. The smallest absolute Gasteiger partial charge is 0.374 e. The van der Waals surface area contributed by atoms with Crippen LogP contribution in [0.2, 0.25) is 0 Å². The van der Waals surface area contributed by atoms with E-state index in [-0.39, 0.29) is 17.3 Å². The number of carbonyl (C=O) groups is 1. The van der Waals surface area contributed by atoms with Crippen LogP contribution in [0.1, 0.15) is 74.9 Å². The van der Waals surface area contributed by atoms with Gasteiger partial charge in [0.2, 0.25) is 5.82 Å². The van der Waals surface area contributed by atoms with Gasteiger partial charge in [0.15, 0.2) is 0 Å². The average Bonchev–Trinajstić information content (AvgIpc) is 2.97. The van der Waals surface area contributed by atoms with Gasteiger partial charge in [-0.2, -0.15) is 0 Å². The summed E-state index contributed by atoms with van der Waals surface area (Å²) < 4.78 is 2.16. The molecule has 0 saturated carbocycles. The Morgan fingerprint density at radius 2 is 2.04 bits per heavy atom. The number of fused-ring (bicyclic) bond motifs is 1. The Hall–Kier alpha value is -2.51. The Morgan fingerprint density at radius 1 is 1.31 bits per heavy atom. The van der Waals surface area contributed by atoms with Crippen molar-refractivity contribution in [3.63, 3.8) is 0 Å². The van der Waals surface area contributed by atoms with Gasteiger partial charge in [-0.05, 0) is 6.42 Å². The Labute approximate surface area is 153 Å². The van der Waals surface area contributed by atoms with E-state index >= 15 is 0 Å². The molecule has 0 amide bonds. The molecular formula is C18H26N6O2. The van der Waals surface area contributed by atoms with Crippen LogP contribution in [0.15, 0.2) is 6.07 Å². The van der Waals surface area contributed by atoms with Gasteiger partial charge in [-0.1, -0.05) is 34.6 Å². The minimum absolute atomic E-state index is 0.139. The molecule has 1 unspecified atom stereocenters. The largest absolute Gasteiger partial charge is 0.475 e. The predicted molar refractivity (Wildman–Crippen MR) is 97.5 cm³/mol. The molecule has 2 N–H and O–H groups in total. The third-order valence-electron chi connectivity index (χ3n) is 4.53. The molecule has 0 spiro atoms. The lowest BCUT2D eigenvalue weighted by Crippen LogP contribution is -2.33. The monoisotopic (exact) mass is 358 g/mol. The first-order valence-electron chi connectivity index (χ1n) is 8.96. The highest BCUT2D eigenvalue weighted by Gasteiger charge is 2.26. The summed E-state index contributed by atoms with van der Waals surface area (Å²) in [6.45, 7) is 11.0. The molecule has 1 aliphatic rings. The van der Waals surface area contributed by atoms with Crippen LogP contribution in [0.4, 0.5) is 5.82 Å². The summed E-state index contributed by atoms with van der Waals surface area (Å²) in [5, 5.41) is 21.3. The van der Waals surface area contributed by atoms with E-state index in [1.807, 2.05) is 26.8 Å². The van der Waals surface area contributed by atoms with Crippen molar-refractivity contribution in [1.29, 1.82) is 0 Å². The normalized spacial score (nSPS) is 17.2. The summed E-state index contributed by atoms with van der Waals surface area (Å²) in [6, 6.07) is 1.98. The van der Waals surface area contributed by atoms with Crippen LogP contribution in [0.5, 0.6) is 0 Å². The fourth-order valence-electron chi connectivity index (χ4n) is 3.10. The van der Waals surface area contributed by atoms with E-state index in [0.29, 0.717) is 17.4 Å². The molecule has 0 aromatic carbocycles. The molecule has 140 valence electrons. The van der Waals surface area contributed by atoms with Gasteiger partial charge in [0.05, 0.1) is 5.69 Å². The molecule has 1 aliphatic heterocycles. The summed E-state index contributed by atoms with van der Waals surface area (Å²) in [5.41, 5.74) is 0.443. The highest BCUT2D eigenvalue weighted by Crippen LogP contribution is 2.25. The zero-order valence-corrected chi connectivity index (χ0v) is 15.9. The second-order valence-electron chi connectivity index (χ2n) is 8.14. The van der Waals surface area contributed by atoms with E-state index < -0.39 is 5.97 Å². The van der Waals surface area contributed by atoms with Crippen molar-refractivity contribution in [3.8, 4) is 0 Å². The van der Waals surface area contributed by atoms with E-state index in [9.17, 15) is 9.90 Å². The lowest BCUT2D eigenvalue weighted by molar-refractivity contribution is 0.0683. The minimum Gasteiger partial charge on any atom is -0.475 e. The Balaban J connectivity index is 1.86. The van der Waals surface area contributed by atoms with Gasteiger partial charge in [-0.15, -0.1) is 10.2 Å². The third-order valence-corrected chi connectivity index (χ3v) is 4.53. The first-order chi connectivity index (χ1) is 12.1. The maximum atomic E-state index is 11.4. The molecule has 8 heteroatoms. The van der Waals surface area contributed by atoms with Crippen molar-refractivity contribution in [3.05, 3.63) is 29.2 Å². The topological polar surface area (TPSA) is 106 Å². The molecule has 0 bridgehead atoms. The first-order valence-corrected chi connectivity index (χ1v) is 8.96. The lowest BCUT2D eigenvalue weighted by atomic mass is 9.92. The number of anilines is 1. The predicted octanol–water partition coefficient (Wildman–Crippen LogP) is 2.61. The van der Waals surface area contributed by atoms with Crippen molar-refractivity contribution in [1.82, 2.24) is 24.7 Å². The van der Waals surface area contributed by atoms with Crippen LogP contribution in [0.3, 0.4) is 0 Å². The summed E-state index contributed by atoms with van der Waals surface area (Å²) in [4.78, 5) is 19.8.